The van der Waals surface area contributed by atoms with Crippen molar-refractivity contribution in [3.8, 4) is 11.4 Å². The van der Waals surface area contributed by atoms with Crippen molar-refractivity contribution < 1.29 is 27.4 Å². The number of carbonyl (C=O) groups is 3. The Labute approximate surface area is 282 Å². The molecule has 0 saturated carbocycles. The number of anilines is 1. The first-order valence-electron chi connectivity index (χ1n) is 15.3. The van der Waals surface area contributed by atoms with Crippen LogP contribution < -0.4 is 20.9 Å². The van der Waals surface area contributed by atoms with E-state index >= 15 is 0 Å². The average molecular weight is 702 g/mol. The van der Waals surface area contributed by atoms with E-state index in [4.69, 9.17) is 0 Å². The van der Waals surface area contributed by atoms with E-state index in [1.165, 1.54) is 0 Å². The van der Waals surface area contributed by atoms with Crippen LogP contribution >= 0.6 is 21.6 Å². The molecule has 1 aliphatic rings. The SMILES string of the molecule is Cc1ccnc(-c2cc(N3CCCC3C(=O)NC(CS(=O)(=O)O)C(=O)NCCCCC(=O)NCCSSc3ccccn3)ccn2)c1. The molecule has 0 aromatic carbocycles. The molecule has 0 aliphatic carbocycles. The van der Waals surface area contributed by atoms with Crippen molar-refractivity contribution in [2.45, 2.75) is 56.1 Å². The highest BCUT2D eigenvalue weighted by atomic mass is 33.1. The highest BCUT2D eigenvalue weighted by Gasteiger charge is 2.35. The van der Waals surface area contributed by atoms with Gasteiger partial charge in [0.25, 0.3) is 10.1 Å². The lowest BCUT2D eigenvalue weighted by atomic mass is 10.1. The second kappa shape index (κ2) is 18.0. The normalized spacial score (nSPS) is 15.2. The Morgan fingerprint density at radius 3 is 2.53 bits per heavy atom. The maximum Gasteiger partial charge on any atom is 0.267 e. The molecule has 2 atom stereocenters. The van der Waals surface area contributed by atoms with Gasteiger partial charge in [0.15, 0.2) is 0 Å². The van der Waals surface area contributed by atoms with E-state index in [-0.39, 0.29) is 18.9 Å². The molecule has 3 amide bonds. The van der Waals surface area contributed by atoms with E-state index < -0.39 is 39.8 Å². The predicted molar refractivity (Wildman–Crippen MR) is 183 cm³/mol. The van der Waals surface area contributed by atoms with Gasteiger partial charge in [0.1, 0.15) is 22.9 Å². The largest absolute Gasteiger partial charge is 0.359 e. The van der Waals surface area contributed by atoms with Crippen molar-refractivity contribution in [3.05, 3.63) is 66.6 Å². The second-order valence-electron chi connectivity index (χ2n) is 11.0. The Hall–Kier alpha value is -3.73. The standard InChI is InChI=1S/C31H39N7O6S3/c1-22-10-14-32-24(19-22)25-20-23(11-15-33-25)38-17-6-7-27(38)31(41)37-26(21-47(42,43)44)30(40)36-13-4-2-8-28(39)34-16-18-45-46-29-9-3-5-12-35-29/h3,5,9-12,14-15,19-20,26-27H,2,4,6-8,13,16-18,21H2,1H3,(H,34,39)(H,36,40)(H,37,41)(H,42,43,44). The minimum Gasteiger partial charge on any atom is -0.359 e. The summed E-state index contributed by atoms with van der Waals surface area (Å²) in [6.45, 7) is 3.22. The number of aromatic nitrogens is 3. The lowest BCUT2D eigenvalue weighted by molar-refractivity contribution is -0.129. The van der Waals surface area contributed by atoms with Gasteiger partial charge < -0.3 is 20.9 Å². The summed E-state index contributed by atoms with van der Waals surface area (Å²) in [4.78, 5) is 53.4. The van der Waals surface area contributed by atoms with Crippen LogP contribution in [-0.2, 0) is 24.5 Å². The maximum atomic E-state index is 13.4. The van der Waals surface area contributed by atoms with E-state index in [9.17, 15) is 27.4 Å². The Kier molecular flexibility index (Phi) is 13.8. The molecule has 16 heteroatoms. The van der Waals surface area contributed by atoms with Crippen LogP contribution in [0.25, 0.3) is 11.4 Å². The Morgan fingerprint density at radius 2 is 1.79 bits per heavy atom. The molecule has 3 aromatic heterocycles. The zero-order chi connectivity index (χ0) is 33.6. The Balaban J connectivity index is 1.23. The molecular weight excluding hydrogens is 663 g/mol. The first kappa shape index (κ1) is 36.1. The quantitative estimate of drug-likeness (QED) is 0.0918. The zero-order valence-corrected chi connectivity index (χ0v) is 28.5. The number of hydrogen-bond acceptors (Lipinski definition) is 11. The molecule has 0 spiro atoms. The van der Waals surface area contributed by atoms with Gasteiger partial charge in [-0.15, -0.1) is 0 Å². The second-order valence-corrected chi connectivity index (χ2v) is 14.9. The third kappa shape index (κ3) is 12.1. The molecule has 0 bridgehead atoms. The summed E-state index contributed by atoms with van der Waals surface area (Å²) in [5.74, 6) is -1.60. The molecule has 47 heavy (non-hydrogen) atoms. The lowest BCUT2D eigenvalue weighted by Gasteiger charge is -2.28. The van der Waals surface area contributed by atoms with E-state index in [0.29, 0.717) is 50.2 Å². The molecular formula is C31H39N7O6S3. The molecule has 1 saturated heterocycles. The Morgan fingerprint density at radius 1 is 1.00 bits per heavy atom. The smallest absolute Gasteiger partial charge is 0.267 e. The van der Waals surface area contributed by atoms with Gasteiger partial charge >= 0.3 is 0 Å². The van der Waals surface area contributed by atoms with Gasteiger partial charge in [-0.1, -0.05) is 16.9 Å². The van der Waals surface area contributed by atoms with Crippen LogP contribution in [0.2, 0.25) is 0 Å². The van der Waals surface area contributed by atoms with Crippen molar-refractivity contribution in [3.63, 3.8) is 0 Å². The summed E-state index contributed by atoms with van der Waals surface area (Å²) in [5, 5.41) is 8.92. The summed E-state index contributed by atoms with van der Waals surface area (Å²) < 4.78 is 33.0. The minimum atomic E-state index is -4.58. The molecule has 4 rings (SSSR count). The number of hydrogen-bond donors (Lipinski definition) is 4. The molecule has 13 nitrogen and oxygen atoms in total. The first-order valence-corrected chi connectivity index (χ1v) is 19.2. The fourth-order valence-corrected chi connectivity index (χ4v) is 7.43. The summed E-state index contributed by atoms with van der Waals surface area (Å²) in [6.07, 6.45) is 7.52. The molecule has 2 unspecified atom stereocenters. The predicted octanol–water partition coefficient (Wildman–Crippen LogP) is 3.03. The van der Waals surface area contributed by atoms with E-state index in [0.717, 1.165) is 22.0 Å². The number of aryl methyl sites for hydroxylation is 1. The molecule has 4 N–H and O–H groups in total. The summed E-state index contributed by atoms with van der Waals surface area (Å²) >= 11 is 0. The van der Waals surface area contributed by atoms with E-state index in [1.807, 2.05) is 48.2 Å². The fraction of sp³-hybridized carbons (Fsp3) is 0.419. The van der Waals surface area contributed by atoms with Crippen molar-refractivity contribution in [2.24, 2.45) is 0 Å². The lowest BCUT2D eigenvalue weighted by Crippen LogP contribution is -2.54. The number of nitrogens with one attached hydrogen (secondary N) is 3. The van der Waals surface area contributed by atoms with Crippen LogP contribution in [0.3, 0.4) is 0 Å². The first-order chi connectivity index (χ1) is 22.6. The average Bonchev–Trinajstić information content (AvgIpc) is 3.54. The molecule has 1 fully saturated rings. The molecule has 0 radical (unpaired) electrons. The van der Waals surface area contributed by atoms with Crippen LogP contribution in [-0.4, -0.2) is 88.9 Å². The molecule has 1 aliphatic heterocycles. The van der Waals surface area contributed by atoms with Gasteiger partial charge in [-0.3, -0.25) is 28.9 Å². The Bertz CT molecular complexity index is 1610. The maximum absolute atomic E-state index is 13.4. The molecule has 252 valence electrons. The highest BCUT2D eigenvalue weighted by molar-refractivity contribution is 8.76. The van der Waals surface area contributed by atoms with Gasteiger partial charge in [0.05, 0.1) is 11.4 Å². The zero-order valence-electron chi connectivity index (χ0n) is 26.0. The third-order valence-electron chi connectivity index (χ3n) is 7.24. The molecule has 3 aromatic rings. The summed E-state index contributed by atoms with van der Waals surface area (Å²) in [5.41, 5.74) is 3.13. The fourth-order valence-electron chi connectivity index (χ4n) is 4.99. The number of rotatable bonds is 17. The summed E-state index contributed by atoms with van der Waals surface area (Å²) in [6, 6.07) is 11.0. The third-order valence-corrected chi connectivity index (χ3v) is 10.3. The molecule has 4 heterocycles. The topological polar surface area (TPSA) is 184 Å². The van der Waals surface area contributed by atoms with Gasteiger partial charge in [0.2, 0.25) is 17.7 Å². The van der Waals surface area contributed by atoms with Gasteiger partial charge in [-0.25, -0.2) is 4.98 Å². The van der Waals surface area contributed by atoms with Crippen LogP contribution in [0.4, 0.5) is 5.69 Å². The number of carbonyl (C=O) groups excluding carboxylic acids is 3. The van der Waals surface area contributed by atoms with Crippen molar-refractivity contribution in [1.29, 1.82) is 0 Å². The highest BCUT2D eigenvalue weighted by Crippen LogP contribution is 2.29. The summed E-state index contributed by atoms with van der Waals surface area (Å²) in [7, 11) is -1.45. The minimum absolute atomic E-state index is 0.103. The van der Waals surface area contributed by atoms with Crippen LogP contribution in [0, 0.1) is 6.92 Å². The number of amides is 3. The van der Waals surface area contributed by atoms with Crippen LogP contribution in [0.15, 0.2) is 66.1 Å². The number of pyridine rings is 3. The van der Waals surface area contributed by atoms with Crippen molar-refractivity contribution >= 4 is 55.1 Å². The number of nitrogens with zero attached hydrogens (tertiary/aromatic N) is 4. The monoisotopic (exact) mass is 701 g/mol. The van der Waals surface area contributed by atoms with Gasteiger partial charge in [-0.2, -0.15) is 8.42 Å². The van der Waals surface area contributed by atoms with Crippen molar-refractivity contribution in [2.75, 3.05) is 36.0 Å². The van der Waals surface area contributed by atoms with E-state index in [1.54, 1.807) is 46.2 Å². The van der Waals surface area contributed by atoms with Gasteiger partial charge in [-0.05, 0) is 85.4 Å². The van der Waals surface area contributed by atoms with Crippen LogP contribution in [0.5, 0.6) is 0 Å². The van der Waals surface area contributed by atoms with Gasteiger partial charge in [0, 0.05) is 56.1 Å². The van der Waals surface area contributed by atoms with E-state index in [2.05, 4.69) is 30.9 Å². The van der Waals surface area contributed by atoms with Crippen molar-refractivity contribution in [1.82, 2.24) is 30.9 Å². The number of unbranched alkanes of at least 4 members (excludes halogenated alkanes) is 1. The van der Waals surface area contributed by atoms with Crippen LogP contribution in [0.1, 0.15) is 37.7 Å².